The SMILES string of the molecule is CCCCCCC[n+]1ccc(-c2cc[n+](CCCC(=O)O)cc2)cc1.[Br-].[Br-]. The van der Waals surface area contributed by atoms with Crippen molar-refractivity contribution in [2.75, 3.05) is 0 Å². The first-order valence-electron chi connectivity index (χ1n) is 9.39. The van der Waals surface area contributed by atoms with Crippen molar-refractivity contribution in [1.29, 1.82) is 0 Å². The summed E-state index contributed by atoms with van der Waals surface area (Å²) in [5, 5.41) is 8.69. The van der Waals surface area contributed by atoms with E-state index in [-0.39, 0.29) is 40.4 Å². The molecule has 0 spiro atoms. The van der Waals surface area contributed by atoms with Crippen LogP contribution in [0.3, 0.4) is 0 Å². The number of aromatic nitrogens is 2. The second-order valence-electron chi connectivity index (χ2n) is 6.56. The lowest BCUT2D eigenvalue weighted by atomic mass is 10.1. The third kappa shape index (κ3) is 10.0. The molecule has 0 saturated heterocycles. The predicted molar refractivity (Wildman–Crippen MR) is 97.9 cm³/mol. The van der Waals surface area contributed by atoms with Crippen LogP contribution in [0.5, 0.6) is 0 Å². The monoisotopic (exact) mass is 500 g/mol. The molecule has 6 heteroatoms. The van der Waals surface area contributed by atoms with Gasteiger partial charge in [-0.25, -0.2) is 9.13 Å². The number of aryl methyl sites for hydroxylation is 2. The standard InChI is InChI=1S/C21H29N2O2.2BrH/c1-2-3-4-5-6-13-22-15-9-19(10-16-22)20-11-17-23(18-12-20)14-7-8-21(24)25;;/h9-12,15-18H,2-8,13-14H2,1H3;2*1H/q+1;;/p-1. The fourth-order valence-corrected chi connectivity index (χ4v) is 2.91. The maximum Gasteiger partial charge on any atom is 0.303 e. The van der Waals surface area contributed by atoms with Gasteiger partial charge in [-0.1, -0.05) is 26.2 Å². The van der Waals surface area contributed by atoms with Crippen LogP contribution in [0.25, 0.3) is 11.1 Å². The number of carboxylic acids is 1. The summed E-state index contributed by atoms with van der Waals surface area (Å²) in [5.41, 5.74) is 2.39. The summed E-state index contributed by atoms with van der Waals surface area (Å²) >= 11 is 0. The van der Waals surface area contributed by atoms with Gasteiger partial charge in [-0.2, -0.15) is 0 Å². The summed E-state index contributed by atoms with van der Waals surface area (Å²) < 4.78 is 4.29. The first-order valence-corrected chi connectivity index (χ1v) is 9.39. The van der Waals surface area contributed by atoms with E-state index >= 15 is 0 Å². The van der Waals surface area contributed by atoms with Gasteiger partial charge in [-0.3, -0.25) is 4.79 Å². The van der Waals surface area contributed by atoms with E-state index in [2.05, 4.69) is 48.1 Å². The predicted octanol–water partition coefficient (Wildman–Crippen LogP) is -2.23. The molecule has 0 saturated carbocycles. The quantitative estimate of drug-likeness (QED) is 0.280. The summed E-state index contributed by atoms with van der Waals surface area (Å²) in [6.07, 6.45) is 15.7. The molecule has 0 fully saturated rings. The molecule has 0 aliphatic carbocycles. The average Bonchev–Trinajstić information content (AvgIpc) is 2.62. The lowest BCUT2D eigenvalue weighted by Gasteiger charge is -2.02. The number of rotatable bonds is 11. The van der Waals surface area contributed by atoms with Crippen molar-refractivity contribution in [3.8, 4) is 11.1 Å². The largest absolute Gasteiger partial charge is 1.00 e. The van der Waals surface area contributed by atoms with Gasteiger partial charge in [0.25, 0.3) is 0 Å². The van der Waals surface area contributed by atoms with Crippen molar-refractivity contribution in [3.63, 3.8) is 0 Å². The molecule has 2 aromatic heterocycles. The summed E-state index contributed by atoms with van der Waals surface area (Å²) in [5.74, 6) is -0.736. The third-order valence-corrected chi connectivity index (χ3v) is 4.44. The van der Waals surface area contributed by atoms with E-state index in [4.69, 9.17) is 5.11 Å². The third-order valence-electron chi connectivity index (χ3n) is 4.44. The topological polar surface area (TPSA) is 45.1 Å². The fraction of sp³-hybridized carbons (Fsp3) is 0.476. The molecule has 0 aliphatic rings. The molecular formula is C21H30Br2N2O2. The fourth-order valence-electron chi connectivity index (χ4n) is 2.91. The van der Waals surface area contributed by atoms with Gasteiger partial charge in [0, 0.05) is 37.1 Å². The van der Waals surface area contributed by atoms with Crippen LogP contribution in [0.4, 0.5) is 0 Å². The molecule has 4 nitrogen and oxygen atoms in total. The minimum absolute atomic E-state index is 0. The molecule has 0 aliphatic heterocycles. The van der Waals surface area contributed by atoms with Crippen LogP contribution in [0, 0.1) is 0 Å². The Hall–Kier alpha value is -1.27. The van der Waals surface area contributed by atoms with Crippen molar-refractivity contribution >= 4 is 5.97 Å². The number of carbonyl (C=O) groups is 1. The Morgan fingerprint density at radius 3 is 1.67 bits per heavy atom. The lowest BCUT2D eigenvalue weighted by molar-refractivity contribution is -0.697. The molecule has 2 aromatic rings. The van der Waals surface area contributed by atoms with Gasteiger partial charge in [-0.05, 0) is 17.5 Å². The van der Waals surface area contributed by atoms with Gasteiger partial charge in [0.05, 0.1) is 6.42 Å². The molecule has 0 amide bonds. The Morgan fingerprint density at radius 2 is 1.22 bits per heavy atom. The molecule has 0 aromatic carbocycles. The van der Waals surface area contributed by atoms with Crippen LogP contribution in [0.2, 0.25) is 0 Å². The van der Waals surface area contributed by atoms with E-state index in [1.165, 1.54) is 43.2 Å². The minimum Gasteiger partial charge on any atom is -1.00 e. The number of aliphatic carboxylic acids is 1. The van der Waals surface area contributed by atoms with E-state index in [0.717, 1.165) is 13.1 Å². The minimum atomic E-state index is -0.736. The zero-order chi connectivity index (χ0) is 17.9. The van der Waals surface area contributed by atoms with Crippen molar-refractivity contribution in [2.45, 2.75) is 65.0 Å². The van der Waals surface area contributed by atoms with Gasteiger partial charge in [0.1, 0.15) is 13.1 Å². The summed E-state index contributed by atoms with van der Waals surface area (Å²) in [4.78, 5) is 10.6. The van der Waals surface area contributed by atoms with Crippen LogP contribution in [0.15, 0.2) is 49.1 Å². The van der Waals surface area contributed by atoms with E-state index < -0.39 is 5.97 Å². The first kappa shape index (κ1) is 25.7. The average molecular weight is 502 g/mol. The molecule has 2 rings (SSSR count). The highest BCUT2D eigenvalue weighted by molar-refractivity contribution is 5.66. The highest BCUT2D eigenvalue weighted by Gasteiger charge is 2.06. The Morgan fingerprint density at radius 1 is 0.778 bits per heavy atom. The van der Waals surface area contributed by atoms with E-state index in [0.29, 0.717) is 6.42 Å². The van der Waals surface area contributed by atoms with E-state index in [9.17, 15) is 4.79 Å². The zero-order valence-electron chi connectivity index (χ0n) is 16.0. The molecular weight excluding hydrogens is 472 g/mol. The Labute approximate surface area is 183 Å². The molecule has 150 valence electrons. The Balaban J connectivity index is 0.00000338. The van der Waals surface area contributed by atoms with Crippen LogP contribution in [-0.4, -0.2) is 11.1 Å². The van der Waals surface area contributed by atoms with Gasteiger partial charge >= 0.3 is 5.97 Å². The van der Waals surface area contributed by atoms with E-state index in [1.54, 1.807) is 0 Å². The number of pyridine rings is 2. The molecule has 0 atom stereocenters. The normalized spacial score (nSPS) is 9.96. The highest BCUT2D eigenvalue weighted by Crippen LogP contribution is 2.15. The van der Waals surface area contributed by atoms with Gasteiger partial charge in [0.2, 0.25) is 0 Å². The number of nitrogens with zero attached hydrogens (tertiary/aromatic N) is 2. The zero-order valence-corrected chi connectivity index (χ0v) is 19.2. The molecule has 0 radical (unpaired) electrons. The summed E-state index contributed by atoms with van der Waals surface area (Å²) in [6.45, 7) is 4.07. The maximum absolute atomic E-state index is 10.6. The van der Waals surface area contributed by atoms with Gasteiger partial charge < -0.3 is 39.1 Å². The number of halogens is 2. The second-order valence-corrected chi connectivity index (χ2v) is 6.56. The van der Waals surface area contributed by atoms with Crippen LogP contribution < -0.4 is 43.1 Å². The Kier molecular flexibility index (Phi) is 14.1. The van der Waals surface area contributed by atoms with Crippen LogP contribution >= 0.6 is 0 Å². The second kappa shape index (κ2) is 14.7. The lowest BCUT2D eigenvalue weighted by Crippen LogP contribution is -3.00. The maximum atomic E-state index is 10.6. The van der Waals surface area contributed by atoms with Crippen molar-refractivity contribution in [3.05, 3.63) is 49.1 Å². The molecule has 0 unspecified atom stereocenters. The van der Waals surface area contributed by atoms with E-state index in [1.807, 2.05) is 17.0 Å². The van der Waals surface area contributed by atoms with Crippen molar-refractivity contribution in [2.24, 2.45) is 0 Å². The van der Waals surface area contributed by atoms with Gasteiger partial charge in [0.15, 0.2) is 24.8 Å². The smallest absolute Gasteiger partial charge is 0.303 e. The molecule has 2 heterocycles. The van der Waals surface area contributed by atoms with Crippen LogP contribution in [0.1, 0.15) is 51.9 Å². The number of hydrogen-bond acceptors (Lipinski definition) is 1. The van der Waals surface area contributed by atoms with Crippen molar-refractivity contribution in [1.82, 2.24) is 0 Å². The van der Waals surface area contributed by atoms with Crippen molar-refractivity contribution < 1.29 is 53.0 Å². The van der Waals surface area contributed by atoms with Gasteiger partial charge in [-0.15, -0.1) is 0 Å². The summed E-state index contributed by atoms with van der Waals surface area (Å²) in [7, 11) is 0. The summed E-state index contributed by atoms with van der Waals surface area (Å²) in [6, 6.07) is 8.50. The molecule has 0 bridgehead atoms. The Bertz CT molecular complexity index is 646. The van der Waals surface area contributed by atoms with Crippen LogP contribution in [-0.2, 0) is 17.9 Å². The number of unbranched alkanes of at least 4 members (excludes halogenated alkanes) is 4. The molecule has 1 N–H and O–H groups in total. The number of carboxylic acid groups (broad SMARTS) is 1. The molecule has 27 heavy (non-hydrogen) atoms. The highest BCUT2D eigenvalue weighted by atomic mass is 79.9. The first-order chi connectivity index (χ1) is 12.2. The number of hydrogen-bond donors (Lipinski definition) is 1.